The average molecular weight is 683 g/mol. The summed E-state index contributed by atoms with van der Waals surface area (Å²) in [5, 5.41) is 12.0. The van der Waals surface area contributed by atoms with Crippen LogP contribution < -0.4 is 5.32 Å². The SMILES string of the molecule is CCCCCCCCCCNC1CN(S(=O)(=O)c2ccccc2)C1.O=C(O)c1nc2c(C(F)(F)F)cc(-c3ccoc3)cn2c1Cl. The number of rotatable bonds is 14. The monoisotopic (exact) mass is 682 g/mol. The zero-order valence-corrected chi connectivity index (χ0v) is 27.0. The summed E-state index contributed by atoms with van der Waals surface area (Å²) in [6.07, 6.45) is 9.70. The van der Waals surface area contributed by atoms with Crippen molar-refractivity contribution < 1.29 is 35.9 Å². The fourth-order valence-corrected chi connectivity index (χ4v) is 6.92. The van der Waals surface area contributed by atoms with Gasteiger partial charge in [-0.05, 0) is 37.2 Å². The number of imidazole rings is 1. The highest BCUT2D eigenvalue weighted by Crippen LogP contribution is 2.37. The Balaban J connectivity index is 0.000000209. The van der Waals surface area contributed by atoms with Crippen molar-refractivity contribution in [3.63, 3.8) is 0 Å². The summed E-state index contributed by atoms with van der Waals surface area (Å²) in [5.41, 5.74) is -1.72. The molecule has 0 radical (unpaired) electrons. The van der Waals surface area contributed by atoms with E-state index in [-0.39, 0.29) is 5.56 Å². The molecule has 0 aliphatic carbocycles. The largest absolute Gasteiger partial charge is 0.476 e. The van der Waals surface area contributed by atoms with Crippen molar-refractivity contribution in [1.29, 1.82) is 0 Å². The van der Waals surface area contributed by atoms with Gasteiger partial charge >= 0.3 is 12.1 Å². The van der Waals surface area contributed by atoms with Crippen LogP contribution in [0.2, 0.25) is 5.15 Å². The van der Waals surface area contributed by atoms with Crippen LogP contribution in [0.5, 0.6) is 0 Å². The van der Waals surface area contributed by atoms with Crippen molar-refractivity contribution >= 4 is 33.2 Å². The lowest BCUT2D eigenvalue weighted by molar-refractivity contribution is -0.136. The van der Waals surface area contributed by atoms with Gasteiger partial charge in [0.2, 0.25) is 10.0 Å². The van der Waals surface area contributed by atoms with Gasteiger partial charge in [-0.3, -0.25) is 4.40 Å². The van der Waals surface area contributed by atoms with Gasteiger partial charge in [-0.15, -0.1) is 0 Å². The molecule has 5 rings (SSSR count). The fraction of sp³-hybridized carbons (Fsp3) is 0.438. The number of nitrogens with one attached hydrogen (secondary N) is 1. The molecular formula is C32H38ClF3N4O5S. The standard InChI is InChI=1S/C19H32N2O2S.C13H6ClF3N2O3/c1-2-3-4-5-6-7-8-12-15-20-18-16-21(17-18)24(22,23)19-13-10-9-11-14-19;14-10-9(12(20)21)18-11-8(13(15,16)17)3-7(4-19(10)11)6-1-2-22-5-6/h9-11,13-14,18,20H,2-8,12,15-17H2,1H3;1-5H,(H,20,21). The van der Waals surface area contributed by atoms with Crippen molar-refractivity contribution in [2.45, 2.75) is 75.4 Å². The minimum absolute atomic E-state index is 0.171. The Kier molecular flexibility index (Phi) is 12.3. The summed E-state index contributed by atoms with van der Waals surface area (Å²) in [5.74, 6) is -1.51. The Morgan fingerprint density at radius 2 is 1.70 bits per heavy atom. The van der Waals surface area contributed by atoms with Crippen LogP contribution in [0.4, 0.5) is 13.2 Å². The number of aromatic nitrogens is 2. The Labute approximate surface area is 271 Å². The molecule has 3 aromatic heterocycles. The van der Waals surface area contributed by atoms with Gasteiger partial charge in [0.1, 0.15) is 5.15 Å². The molecule has 0 saturated carbocycles. The van der Waals surface area contributed by atoms with Crippen LogP contribution in [0.3, 0.4) is 0 Å². The predicted octanol–water partition coefficient (Wildman–Crippen LogP) is 7.75. The molecule has 4 aromatic rings. The number of sulfonamides is 1. The van der Waals surface area contributed by atoms with Gasteiger partial charge in [-0.1, -0.05) is 81.7 Å². The molecular weight excluding hydrogens is 645 g/mol. The lowest BCUT2D eigenvalue weighted by Crippen LogP contribution is -2.59. The first-order valence-corrected chi connectivity index (χ1v) is 17.1. The summed E-state index contributed by atoms with van der Waals surface area (Å²) in [4.78, 5) is 14.9. The maximum absolute atomic E-state index is 13.2. The first-order chi connectivity index (χ1) is 21.9. The Hall–Kier alpha value is -3.39. The smallest absolute Gasteiger partial charge is 0.420 e. The third-order valence-electron chi connectivity index (χ3n) is 7.72. The second-order valence-electron chi connectivity index (χ2n) is 11.2. The Morgan fingerprint density at radius 3 is 2.28 bits per heavy atom. The van der Waals surface area contributed by atoms with E-state index in [9.17, 15) is 26.4 Å². The van der Waals surface area contributed by atoms with Crippen LogP contribution in [-0.2, 0) is 16.2 Å². The topological polar surface area (TPSA) is 117 Å². The third-order valence-corrected chi connectivity index (χ3v) is 9.92. The number of halogens is 4. The fourth-order valence-electron chi connectivity index (χ4n) is 5.12. The van der Waals surface area contributed by atoms with Gasteiger partial charge in [0.15, 0.2) is 11.3 Å². The zero-order chi connectivity index (χ0) is 33.3. The first kappa shape index (κ1) is 35.5. The minimum atomic E-state index is -4.72. The van der Waals surface area contributed by atoms with Gasteiger partial charge in [-0.25, -0.2) is 18.2 Å². The summed E-state index contributed by atoms with van der Waals surface area (Å²) in [6.45, 7) is 4.43. The molecule has 4 heterocycles. The summed E-state index contributed by atoms with van der Waals surface area (Å²) >= 11 is 5.84. The molecule has 46 heavy (non-hydrogen) atoms. The molecule has 1 aromatic carbocycles. The highest BCUT2D eigenvalue weighted by Gasteiger charge is 2.37. The van der Waals surface area contributed by atoms with Crippen LogP contribution in [0, 0.1) is 0 Å². The molecule has 250 valence electrons. The number of aromatic carboxylic acids is 1. The van der Waals surface area contributed by atoms with Crippen molar-refractivity contribution in [3.8, 4) is 11.1 Å². The van der Waals surface area contributed by atoms with Gasteiger partial charge < -0.3 is 14.8 Å². The number of nitrogens with zero attached hydrogens (tertiary/aromatic N) is 3. The Bertz CT molecular complexity index is 1670. The van der Waals surface area contributed by atoms with Gasteiger partial charge in [-0.2, -0.15) is 17.5 Å². The lowest BCUT2D eigenvalue weighted by atomic mass is 10.1. The quantitative estimate of drug-likeness (QED) is 0.131. The van der Waals surface area contributed by atoms with E-state index in [0.29, 0.717) is 29.6 Å². The summed E-state index contributed by atoms with van der Waals surface area (Å²) < 4.78 is 71.7. The van der Waals surface area contributed by atoms with Gasteiger partial charge in [0.25, 0.3) is 0 Å². The normalized spacial score (nSPS) is 14.2. The van der Waals surface area contributed by atoms with Crippen molar-refractivity contribution in [2.24, 2.45) is 0 Å². The van der Waals surface area contributed by atoms with Crippen LogP contribution >= 0.6 is 11.6 Å². The molecule has 0 unspecified atom stereocenters. The molecule has 0 atom stereocenters. The van der Waals surface area contributed by atoms with Crippen LogP contribution in [0.25, 0.3) is 16.8 Å². The van der Waals surface area contributed by atoms with E-state index in [1.165, 1.54) is 76.2 Å². The summed E-state index contributed by atoms with van der Waals surface area (Å²) in [6, 6.07) is 11.4. The average Bonchev–Trinajstić information content (AvgIpc) is 3.65. The number of furan rings is 1. The molecule has 0 amide bonds. The molecule has 1 fully saturated rings. The minimum Gasteiger partial charge on any atom is -0.476 e. The third kappa shape index (κ3) is 8.90. The van der Waals surface area contributed by atoms with Gasteiger partial charge in [0.05, 0.1) is 23.0 Å². The number of unbranched alkanes of at least 4 members (excludes halogenated alkanes) is 7. The number of benzene rings is 1. The molecule has 0 bridgehead atoms. The number of hydrogen-bond donors (Lipinski definition) is 2. The number of carboxylic acids is 1. The maximum atomic E-state index is 13.2. The predicted molar refractivity (Wildman–Crippen MR) is 169 cm³/mol. The van der Waals surface area contributed by atoms with Crippen LogP contribution in [0.1, 0.15) is 74.3 Å². The van der Waals surface area contributed by atoms with Crippen molar-refractivity contribution in [3.05, 3.63) is 77.6 Å². The van der Waals surface area contributed by atoms with E-state index in [1.807, 2.05) is 6.07 Å². The van der Waals surface area contributed by atoms with Crippen molar-refractivity contribution in [1.82, 2.24) is 19.0 Å². The maximum Gasteiger partial charge on any atom is 0.420 e. The highest BCUT2D eigenvalue weighted by molar-refractivity contribution is 7.89. The molecule has 9 nitrogen and oxygen atoms in total. The van der Waals surface area contributed by atoms with Crippen LogP contribution in [-0.4, -0.2) is 58.9 Å². The summed E-state index contributed by atoms with van der Waals surface area (Å²) in [7, 11) is -3.29. The highest BCUT2D eigenvalue weighted by atomic mass is 35.5. The van der Waals surface area contributed by atoms with E-state index in [2.05, 4.69) is 17.2 Å². The molecule has 2 N–H and O–H groups in total. The number of carboxylic acid groups (broad SMARTS) is 1. The number of fused-ring (bicyclic) bond motifs is 1. The molecule has 1 saturated heterocycles. The van der Waals surface area contributed by atoms with E-state index in [4.69, 9.17) is 21.1 Å². The second-order valence-corrected chi connectivity index (χ2v) is 13.5. The Morgan fingerprint density at radius 1 is 1.04 bits per heavy atom. The van der Waals surface area contributed by atoms with Crippen molar-refractivity contribution in [2.75, 3.05) is 19.6 Å². The van der Waals surface area contributed by atoms with Crippen LogP contribution in [0.15, 0.2) is 70.5 Å². The van der Waals surface area contributed by atoms with E-state index in [1.54, 1.807) is 28.6 Å². The molecule has 0 spiro atoms. The number of hydrogen-bond acceptors (Lipinski definition) is 6. The molecule has 14 heteroatoms. The lowest BCUT2D eigenvalue weighted by Gasteiger charge is -2.38. The van der Waals surface area contributed by atoms with E-state index < -0.39 is 44.2 Å². The number of alkyl halides is 3. The van der Waals surface area contributed by atoms with E-state index >= 15 is 0 Å². The second kappa shape index (κ2) is 15.9. The molecule has 1 aliphatic rings. The number of pyridine rings is 1. The van der Waals surface area contributed by atoms with Gasteiger partial charge in [0, 0.05) is 36.5 Å². The molecule has 1 aliphatic heterocycles. The van der Waals surface area contributed by atoms with E-state index in [0.717, 1.165) is 17.0 Å². The first-order valence-electron chi connectivity index (χ1n) is 15.3. The number of carbonyl (C=O) groups is 1. The zero-order valence-electron chi connectivity index (χ0n) is 25.5.